The van der Waals surface area contributed by atoms with E-state index < -0.39 is 59.6 Å². The summed E-state index contributed by atoms with van der Waals surface area (Å²) in [5.74, 6) is -8.13. The first-order chi connectivity index (χ1) is 36.2. The molecular formula is C56H66F4N8O7. The molecule has 3 atom stereocenters. The van der Waals surface area contributed by atoms with Gasteiger partial charge in [0, 0.05) is 89.6 Å². The highest BCUT2D eigenvalue weighted by Gasteiger charge is 2.62. The van der Waals surface area contributed by atoms with Gasteiger partial charge in [0.15, 0.2) is 0 Å². The molecule has 400 valence electrons. The number of halogens is 4. The maximum absolute atomic E-state index is 16.3. The van der Waals surface area contributed by atoms with Crippen molar-refractivity contribution in [2.24, 2.45) is 11.8 Å². The van der Waals surface area contributed by atoms with Crippen LogP contribution in [0.3, 0.4) is 0 Å². The first kappa shape index (κ1) is 52.2. The molecule has 6 aliphatic rings. The number of piperidine rings is 3. The summed E-state index contributed by atoms with van der Waals surface area (Å²) in [5, 5.41) is 10.9. The van der Waals surface area contributed by atoms with Gasteiger partial charge >= 0.3 is 0 Å². The van der Waals surface area contributed by atoms with Crippen molar-refractivity contribution in [3.05, 3.63) is 111 Å². The van der Waals surface area contributed by atoms with Crippen LogP contribution in [0.1, 0.15) is 121 Å². The van der Waals surface area contributed by atoms with Crippen LogP contribution in [0.2, 0.25) is 0 Å². The van der Waals surface area contributed by atoms with E-state index in [0.29, 0.717) is 93.5 Å². The van der Waals surface area contributed by atoms with Gasteiger partial charge < -0.3 is 29.7 Å². The van der Waals surface area contributed by atoms with E-state index in [1.807, 2.05) is 12.1 Å². The summed E-state index contributed by atoms with van der Waals surface area (Å²) in [4.78, 5) is 89.1. The van der Waals surface area contributed by atoms with Crippen molar-refractivity contribution in [3.63, 3.8) is 0 Å². The predicted molar refractivity (Wildman–Crippen MR) is 270 cm³/mol. The van der Waals surface area contributed by atoms with Gasteiger partial charge in [0.1, 0.15) is 23.6 Å². The Kier molecular flexibility index (Phi) is 15.7. The van der Waals surface area contributed by atoms with E-state index in [1.165, 1.54) is 23.1 Å². The zero-order valence-corrected chi connectivity index (χ0v) is 42.3. The minimum atomic E-state index is -2.99. The number of hydrogen-bond acceptors (Lipinski definition) is 9. The fourth-order valence-corrected chi connectivity index (χ4v) is 12.1. The number of nitrogens with zero attached hydrogens (tertiary/aromatic N) is 6. The van der Waals surface area contributed by atoms with Gasteiger partial charge in [-0.3, -0.25) is 33.7 Å². The lowest BCUT2D eigenvalue weighted by molar-refractivity contribution is -0.140. The van der Waals surface area contributed by atoms with E-state index in [2.05, 4.69) is 20.4 Å². The summed E-state index contributed by atoms with van der Waals surface area (Å²) in [6.45, 7) is 4.17. The number of likely N-dealkylation sites (tertiary alicyclic amines) is 3. The van der Waals surface area contributed by atoms with E-state index in [9.17, 15) is 37.5 Å². The Bertz CT molecular complexity index is 2840. The van der Waals surface area contributed by atoms with Crippen molar-refractivity contribution >= 4 is 40.3 Å². The Morgan fingerprint density at radius 1 is 0.720 bits per heavy atom. The van der Waals surface area contributed by atoms with Crippen LogP contribution in [0.25, 0.3) is 10.8 Å². The number of fused-ring (bicyclic) bond motifs is 1. The number of hydrogen-bond donors (Lipinski definition) is 2. The van der Waals surface area contributed by atoms with Crippen LogP contribution in [-0.4, -0.2) is 160 Å². The van der Waals surface area contributed by atoms with Crippen LogP contribution < -0.4 is 10.9 Å². The molecule has 0 bridgehead atoms. The molecule has 75 heavy (non-hydrogen) atoms. The Labute approximate surface area is 433 Å². The highest BCUT2D eigenvalue weighted by Crippen LogP contribution is 2.50. The second-order valence-electron chi connectivity index (χ2n) is 21.5. The van der Waals surface area contributed by atoms with Gasteiger partial charge in [0.25, 0.3) is 23.3 Å². The van der Waals surface area contributed by atoms with Crippen molar-refractivity contribution < 1.29 is 46.3 Å². The zero-order chi connectivity index (χ0) is 52.4. The lowest BCUT2D eigenvalue weighted by atomic mass is 9.83. The number of aromatic amines is 1. The fraction of sp³-hybridized carbons (Fsp3) is 0.554. The van der Waals surface area contributed by atoms with Crippen LogP contribution in [0, 0.1) is 23.5 Å². The number of ether oxygens (including phenoxy) is 1. The quantitative estimate of drug-likeness (QED) is 0.146. The SMILES string of the molecule is O=C(N[C@@H](C(=O)N1CCC(OC2CCN(CC(=O)N3CCN(C(=O)c4cc(Cc5n[nH]c(=O)c6ccccc56)ccc4F)CC3)CC2)CC1)C1CCCCC1)c1cccc(C2CCCN(C(=O)[C@H]3CC3(F)F)C2)c1F. The molecule has 2 aliphatic carbocycles. The van der Waals surface area contributed by atoms with Crippen molar-refractivity contribution in [3.8, 4) is 0 Å². The minimum Gasteiger partial charge on any atom is -0.375 e. The maximum Gasteiger partial charge on any atom is 0.272 e. The summed E-state index contributed by atoms with van der Waals surface area (Å²) < 4.78 is 65.4. The number of amides is 5. The molecule has 19 heteroatoms. The Morgan fingerprint density at radius 2 is 1.40 bits per heavy atom. The topological polar surface area (TPSA) is 169 Å². The van der Waals surface area contributed by atoms with Gasteiger partial charge in [-0.2, -0.15) is 5.10 Å². The second kappa shape index (κ2) is 22.6. The highest BCUT2D eigenvalue weighted by molar-refractivity contribution is 5.98. The molecule has 6 fully saturated rings. The van der Waals surface area contributed by atoms with Crippen molar-refractivity contribution in [1.29, 1.82) is 0 Å². The summed E-state index contributed by atoms with van der Waals surface area (Å²) in [7, 11) is 0. The first-order valence-corrected chi connectivity index (χ1v) is 26.9. The molecule has 1 aromatic heterocycles. The number of carbonyl (C=O) groups excluding carboxylic acids is 5. The number of piperazine rings is 1. The first-order valence-electron chi connectivity index (χ1n) is 26.9. The average Bonchev–Trinajstić information content (AvgIpc) is 4.09. The van der Waals surface area contributed by atoms with E-state index in [4.69, 9.17) is 4.74 Å². The van der Waals surface area contributed by atoms with Crippen LogP contribution in [0.4, 0.5) is 17.6 Å². The molecule has 4 saturated heterocycles. The van der Waals surface area contributed by atoms with E-state index in [0.717, 1.165) is 44.9 Å². The molecule has 4 aromatic rings. The normalized spacial score (nSPS) is 22.5. The highest BCUT2D eigenvalue weighted by atomic mass is 19.3. The Hall–Kier alpha value is -6.21. The number of H-pyrrole nitrogens is 1. The molecule has 1 unspecified atom stereocenters. The van der Waals surface area contributed by atoms with Crippen molar-refractivity contribution in [2.45, 2.75) is 114 Å². The summed E-state index contributed by atoms with van der Waals surface area (Å²) in [6, 6.07) is 15.3. The summed E-state index contributed by atoms with van der Waals surface area (Å²) in [6.07, 6.45) is 8.05. The monoisotopic (exact) mass is 1040 g/mol. The Morgan fingerprint density at radius 3 is 2.11 bits per heavy atom. The number of alkyl halides is 2. The number of rotatable bonds is 13. The Balaban J connectivity index is 0.665. The third kappa shape index (κ3) is 11.8. The van der Waals surface area contributed by atoms with Crippen LogP contribution in [-0.2, 0) is 25.5 Å². The smallest absolute Gasteiger partial charge is 0.272 e. The van der Waals surface area contributed by atoms with E-state index >= 15 is 8.78 Å². The van der Waals surface area contributed by atoms with E-state index in [1.54, 1.807) is 45.0 Å². The molecule has 5 heterocycles. The number of benzene rings is 3. The number of aromatic nitrogens is 2. The molecule has 3 aromatic carbocycles. The van der Waals surface area contributed by atoms with Crippen molar-refractivity contribution in [1.82, 2.24) is 40.0 Å². The van der Waals surface area contributed by atoms with Crippen molar-refractivity contribution in [2.75, 3.05) is 72.0 Å². The maximum atomic E-state index is 16.3. The van der Waals surface area contributed by atoms with Gasteiger partial charge in [-0.25, -0.2) is 22.7 Å². The lowest BCUT2D eigenvalue weighted by Crippen LogP contribution is -2.55. The van der Waals surface area contributed by atoms with Crippen LogP contribution >= 0.6 is 0 Å². The fourth-order valence-electron chi connectivity index (χ4n) is 12.1. The molecule has 4 aliphatic heterocycles. The minimum absolute atomic E-state index is 0.00411. The summed E-state index contributed by atoms with van der Waals surface area (Å²) in [5.41, 5.74) is 1.01. The molecule has 0 spiro atoms. The van der Waals surface area contributed by atoms with E-state index in [-0.39, 0.29) is 84.8 Å². The molecule has 2 saturated carbocycles. The molecule has 0 radical (unpaired) electrons. The molecule has 2 N–H and O–H groups in total. The number of carbonyl (C=O) groups is 5. The zero-order valence-electron chi connectivity index (χ0n) is 42.3. The molecular weight excluding hydrogens is 973 g/mol. The summed E-state index contributed by atoms with van der Waals surface area (Å²) >= 11 is 0. The second-order valence-corrected chi connectivity index (χ2v) is 21.5. The number of nitrogens with one attached hydrogen (secondary N) is 2. The van der Waals surface area contributed by atoms with Gasteiger partial charge in [0.05, 0.1) is 41.0 Å². The van der Waals surface area contributed by atoms with Crippen LogP contribution in [0.5, 0.6) is 0 Å². The van der Waals surface area contributed by atoms with Gasteiger partial charge in [-0.05, 0) is 92.7 Å². The lowest BCUT2D eigenvalue weighted by Gasteiger charge is -2.40. The molecule has 5 amide bonds. The molecule has 10 rings (SSSR count). The van der Waals surface area contributed by atoms with Crippen LogP contribution in [0.15, 0.2) is 65.5 Å². The predicted octanol–water partition coefficient (Wildman–Crippen LogP) is 6.29. The molecule has 15 nitrogen and oxygen atoms in total. The largest absolute Gasteiger partial charge is 0.375 e. The third-order valence-electron chi connectivity index (χ3n) is 16.6. The third-order valence-corrected chi connectivity index (χ3v) is 16.6. The standard InChI is InChI=1S/C56H66F4N8O7/c57-46-16-15-35(31-47-41-11-4-5-12-42(41)52(71)63-62-47)30-44(46)53(72)67-28-26-65(27-29-67)48(69)34-64-22-17-38(18-23-64)75-39-19-24-66(25-20-39)55(74)50(36-8-2-1-3-9-36)61-51(70)43-14-6-13-40(49(43)58)37-10-7-21-68(33-37)54(73)45-32-56(45,59)60/h4-6,11-16,30,36-39,45,50H,1-3,7-10,17-29,31-34H2,(H,61,70)(H,63,71)/t37?,45-,50-/m1/s1. The van der Waals surface area contributed by atoms with Gasteiger partial charge in [0.2, 0.25) is 17.7 Å². The van der Waals surface area contributed by atoms with Gasteiger partial charge in [-0.1, -0.05) is 55.7 Å². The average molecular weight is 1040 g/mol. The van der Waals surface area contributed by atoms with Gasteiger partial charge in [-0.15, -0.1) is 0 Å².